The smallest absolute Gasteiger partial charge is 0.120 e. The standard InChI is InChI=1S/C13H14O3/c14-13(15)10-6-8-12(9-7-10)16-11-4-2-1-3-5-11/h2,4,6-9,11H,1,3,5H2,(H,14,15)/p-1/t11-/m1/s1. The van der Waals surface area contributed by atoms with Crippen molar-refractivity contribution >= 4 is 5.97 Å². The van der Waals surface area contributed by atoms with E-state index in [1.807, 2.05) is 0 Å². The Balaban J connectivity index is 2.02. The Bertz CT molecular complexity index is 392. The van der Waals surface area contributed by atoms with Gasteiger partial charge in [-0.1, -0.05) is 6.08 Å². The molecule has 0 heterocycles. The maximum absolute atomic E-state index is 10.5. The Kier molecular flexibility index (Phi) is 3.25. The molecule has 16 heavy (non-hydrogen) atoms. The van der Waals surface area contributed by atoms with Gasteiger partial charge in [-0.15, -0.1) is 0 Å². The first kappa shape index (κ1) is 10.7. The molecule has 0 N–H and O–H groups in total. The van der Waals surface area contributed by atoms with E-state index in [9.17, 15) is 9.90 Å². The zero-order valence-electron chi connectivity index (χ0n) is 8.89. The number of rotatable bonds is 3. The third-order valence-corrected chi connectivity index (χ3v) is 2.59. The molecule has 3 nitrogen and oxygen atoms in total. The van der Waals surface area contributed by atoms with E-state index in [4.69, 9.17) is 4.74 Å². The zero-order chi connectivity index (χ0) is 11.4. The topological polar surface area (TPSA) is 49.4 Å². The molecule has 84 valence electrons. The normalized spacial score (nSPS) is 19.4. The summed E-state index contributed by atoms with van der Waals surface area (Å²) in [5.74, 6) is -0.467. The fraction of sp³-hybridized carbons (Fsp3) is 0.308. The molecule has 1 aliphatic carbocycles. The molecule has 0 unspecified atom stereocenters. The number of ether oxygens (including phenoxy) is 1. The first-order chi connectivity index (χ1) is 7.75. The lowest BCUT2D eigenvalue weighted by Gasteiger charge is -2.18. The number of carboxylic acids is 1. The number of carbonyl (C=O) groups is 1. The van der Waals surface area contributed by atoms with Crippen LogP contribution in [0.1, 0.15) is 29.6 Å². The van der Waals surface area contributed by atoms with E-state index in [-0.39, 0.29) is 11.7 Å². The Morgan fingerprint density at radius 1 is 1.31 bits per heavy atom. The van der Waals surface area contributed by atoms with Crippen molar-refractivity contribution in [3.63, 3.8) is 0 Å². The van der Waals surface area contributed by atoms with E-state index in [2.05, 4.69) is 12.2 Å². The Morgan fingerprint density at radius 2 is 2.06 bits per heavy atom. The minimum atomic E-state index is -1.16. The van der Waals surface area contributed by atoms with Gasteiger partial charge in [-0.25, -0.2) is 0 Å². The van der Waals surface area contributed by atoms with Gasteiger partial charge in [0.2, 0.25) is 0 Å². The minimum absolute atomic E-state index is 0.113. The Hall–Kier alpha value is -1.77. The Morgan fingerprint density at radius 3 is 2.62 bits per heavy atom. The summed E-state index contributed by atoms with van der Waals surface area (Å²) in [6.45, 7) is 0. The number of hydrogen-bond acceptors (Lipinski definition) is 3. The fourth-order valence-electron chi connectivity index (χ4n) is 1.72. The summed E-state index contributed by atoms with van der Waals surface area (Å²) in [5, 5.41) is 10.5. The molecule has 1 aliphatic rings. The quantitative estimate of drug-likeness (QED) is 0.721. The number of aromatic carboxylic acids is 1. The maximum atomic E-state index is 10.5. The molecule has 0 aliphatic heterocycles. The second-order valence-corrected chi connectivity index (χ2v) is 3.83. The van der Waals surface area contributed by atoms with E-state index in [1.54, 1.807) is 12.1 Å². The summed E-state index contributed by atoms with van der Waals surface area (Å²) in [4.78, 5) is 10.5. The predicted octanol–water partition coefficient (Wildman–Crippen LogP) is 1.54. The summed E-state index contributed by atoms with van der Waals surface area (Å²) in [6, 6.07) is 6.32. The lowest BCUT2D eigenvalue weighted by Crippen LogP contribution is -2.22. The third-order valence-electron chi connectivity index (χ3n) is 2.59. The van der Waals surface area contributed by atoms with Crippen LogP contribution in [0.2, 0.25) is 0 Å². The molecule has 0 saturated heterocycles. The van der Waals surface area contributed by atoms with Gasteiger partial charge in [-0.2, -0.15) is 0 Å². The van der Waals surface area contributed by atoms with Crippen molar-refractivity contribution < 1.29 is 14.6 Å². The maximum Gasteiger partial charge on any atom is 0.120 e. The summed E-state index contributed by atoms with van der Waals surface area (Å²) >= 11 is 0. The van der Waals surface area contributed by atoms with Gasteiger partial charge in [0.1, 0.15) is 11.9 Å². The van der Waals surface area contributed by atoms with Crippen LogP contribution in [-0.4, -0.2) is 12.1 Å². The number of carbonyl (C=O) groups excluding carboxylic acids is 1. The highest BCUT2D eigenvalue weighted by Crippen LogP contribution is 2.19. The molecule has 2 rings (SSSR count). The molecule has 0 fully saturated rings. The summed E-state index contributed by atoms with van der Waals surface area (Å²) in [7, 11) is 0. The predicted molar refractivity (Wildman–Crippen MR) is 58.2 cm³/mol. The van der Waals surface area contributed by atoms with E-state index >= 15 is 0 Å². The average Bonchev–Trinajstić information content (AvgIpc) is 2.31. The first-order valence-electron chi connectivity index (χ1n) is 5.40. The van der Waals surface area contributed by atoms with Gasteiger partial charge in [0.15, 0.2) is 0 Å². The van der Waals surface area contributed by atoms with Crippen molar-refractivity contribution in [3.8, 4) is 5.75 Å². The molecule has 0 bridgehead atoms. The van der Waals surface area contributed by atoms with Crippen molar-refractivity contribution in [3.05, 3.63) is 42.0 Å². The Labute approximate surface area is 94.4 Å². The van der Waals surface area contributed by atoms with Gasteiger partial charge in [-0.05, 0) is 55.2 Å². The molecule has 0 amide bonds. The average molecular weight is 217 g/mol. The number of allylic oxidation sites excluding steroid dienone is 1. The van der Waals surface area contributed by atoms with E-state index in [0.29, 0.717) is 5.75 Å². The molecule has 3 heteroatoms. The summed E-state index contributed by atoms with van der Waals surface area (Å²) in [5.41, 5.74) is 0.173. The van der Waals surface area contributed by atoms with Crippen LogP contribution in [0, 0.1) is 0 Å². The van der Waals surface area contributed by atoms with Crippen LogP contribution in [0.4, 0.5) is 0 Å². The van der Waals surface area contributed by atoms with Crippen molar-refractivity contribution in [2.24, 2.45) is 0 Å². The number of carboxylic acid groups (broad SMARTS) is 1. The van der Waals surface area contributed by atoms with E-state index in [1.165, 1.54) is 12.1 Å². The van der Waals surface area contributed by atoms with Crippen molar-refractivity contribution in [1.29, 1.82) is 0 Å². The van der Waals surface area contributed by atoms with Crippen LogP contribution in [-0.2, 0) is 0 Å². The highest BCUT2D eigenvalue weighted by molar-refractivity contribution is 5.85. The van der Waals surface area contributed by atoms with Crippen LogP contribution in [0.5, 0.6) is 5.75 Å². The third kappa shape index (κ3) is 2.63. The molecular formula is C13H13O3-. The van der Waals surface area contributed by atoms with Crippen LogP contribution in [0.3, 0.4) is 0 Å². The monoisotopic (exact) mass is 217 g/mol. The molecule has 0 radical (unpaired) electrons. The second-order valence-electron chi connectivity index (χ2n) is 3.83. The van der Waals surface area contributed by atoms with Crippen LogP contribution in [0.25, 0.3) is 0 Å². The van der Waals surface area contributed by atoms with Gasteiger partial charge < -0.3 is 14.6 Å². The van der Waals surface area contributed by atoms with E-state index in [0.717, 1.165) is 19.3 Å². The molecule has 0 spiro atoms. The lowest BCUT2D eigenvalue weighted by molar-refractivity contribution is -0.255. The molecular weight excluding hydrogens is 204 g/mol. The highest BCUT2D eigenvalue weighted by Gasteiger charge is 2.09. The van der Waals surface area contributed by atoms with Crippen LogP contribution < -0.4 is 9.84 Å². The highest BCUT2D eigenvalue weighted by atomic mass is 16.5. The van der Waals surface area contributed by atoms with E-state index < -0.39 is 5.97 Å². The molecule has 0 aromatic heterocycles. The van der Waals surface area contributed by atoms with Crippen LogP contribution >= 0.6 is 0 Å². The lowest BCUT2D eigenvalue weighted by atomic mass is 10.1. The molecule has 1 atom stereocenters. The van der Waals surface area contributed by atoms with Gasteiger partial charge in [0.25, 0.3) is 0 Å². The minimum Gasteiger partial charge on any atom is -0.545 e. The van der Waals surface area contributed by atoms with Gasteiger partial charge >= 0.3 is 0 Å². The molecule has 1 aromatic carbocycles. The second kappa shape index (κ2) is 4.84. The largest absolute Gasteiger partial charge is 0.545 e. The molecule has 0 saturated carbocycles. The first-order valence-corrected chi connectivity index (χ1v) is 5.40. The summed E-state index contributed by atoms with van der Waals surface area (Å²) < 4.78 is 5.69. The van der Waals surface area contributed by atoms with Gasteiger partial charge in [-0.3, -0.25) is 0 Å². The van der Waals surface area contributed by atoms with Gasteiger partial charge in [0.05, 0.1) is 5.97 Å². The number of benzene rings is 1. The summed E-state index contributed by atoms with van der Waals surface area (Å²) in [6.07, 6.45) is 7.54. The zero-order valence-corrected chi connectivity index (χ0v) is 8.89. The van der Waals surface area contributed by atoms with Crippen molar-refractivity contribution in [2.45, 2.75) is 25.4 Å². The van der Waals surface area contributed by atoms with Crippen molar-refractivity contribution in [1.82, 2.24) is 0 Å². The molecule has 1 aromatic rings. The van der Waals surface area contributed by atoms with Crippen molar-refractivity contribution in [2.75, 3.05) is 0 Å². The van der Waals surface area contributed by atoms with Gasteiger partial charge in [0, 0.05) is 0 Å². The fourth-order valence-corrected chi connectivity index (χ4v) is 1.72. The van der Waals surface area contributed by atoms with Crippen LogP contribution in [0.15, 0.2) is 36.4 Å². The number of hydrogen-bond donors (Lipinski definition) is 0. The SMILES string of the molecule is O=C([O-])c1ccc(O[C@@H]2C=CCCC2)cc1.